The lowest BCUT2D eigenvalue weighted by molar-refractivity contribution is 0.0833. The van der Waals surface area contributed by atoms with Gasteiger partial charge in [-0.15, -0.1) is 11.3 Å². The van der Waals surface area contributed by atoms with Crippen LogP contribution in [0.2, 0.25) is 0 Å². The van der Waals surface area contributed by atoms with E-state index in [2.05, 4.69) is 35.9 Å². The van der Waals surface area contributed by atoms with Crippen molar-refractivity contribution in [2.45, 2.75) is 58.9 Å². The quantitative estimate of drug-likeness (QED) is 0.551. The molecule has 1 N–H and O–H groups in total. The second kappa shape index (κ2) is 8.91. The molecular formula is C26H31N3O2S. The van der Waals surface area contributed by atoms with Gasteiger partial charge in [-0.3, -0.25) is 14.5 Å². The summed E-state index contributed by atoms with van der Waals surface area (Å²) in [6, 6.07) is 8.19. The van der Waals surface area contributed by atoms with Gasteiger partial charge in [0.05, 0.1) is 11.9 Å². The zero-order chi connectivity index (χ0) is 22.2. The molecule has 1 fully saturated rings. The van der Waals surface area contributed by atoms with Gasteiger partial charge in [-0.1, -0.05) is 38.1 Å². The molecule has 1 saturated heterocycles. The molecule has 0 radical (unpaired) electrons. The number of H-pyrrole nitrogens is 1. The highest BCUT2D eigenvalue weighted by Crippen LogP contribution is 2.34. The molecule has 0 amide bonds. The van der Waals surface area contributed by atoms with Gasteiger partial charge >= 0.3 is 0 Å². The number of aromatic amines is 1. The summed E-state index contributed by atoms with van der Waals surface area (Å²) in [4.78, 5) is 38.0. The first-order chi connectivity index (χ1) is 15.5. The van der Waals surface area contributed by atoms with Gasteiger partial charge in [0, 0.05) is 16.4 Å². The molecule has 168 valence electrons. The Morgan fingerprint density at radius 3 is 2.66 bits per heavy atom. The highest BCUT2D eigenvalue weighted by atomic mass is 32.1. The van der Waals surface area contributed by atoms with Crippen LogP contribution >= 0.6 is 11.3 Å². The third kappa shape index (κ3) is 4.30. The number of Topliss-reactive ketones (excluding diaryl/α,β-unsaturated/α-hetero) is 1. The van der Waals surface area contributed by atoms with E-state index in [-0.39, 0.29) is 17.3 Å². The molecule has 3 aromatic rings. The minimum Gasteiger partial charge on any atom is -0.309 e. The standard InChI is InChI=1S/C26H31N3O2S/c1-16(2)14-17-6-8-18(9-7-17)24(30)19-10-12-29(13-11-19)15-22-27-25(31)23-20-4-3-5-21(20)32-26(23)28-22/h6-9,16,19H,3-5,10-15H2,1-2H3,(H,27,28,31). The minimum absolute atomic E-state index is 0.00961. The van der Waals surface area contributed by atoms with Crippen molar-refractivity contribution in [3.8, 4) is 0 Å². The van der Waals surface area contributed by atoms with Crippen LogP contribution in [0, 0.1) is 11.8 Å². The summed E-state index contributed by atoms with van der Waals surface area (Å²) in [6.45, 7) is 6.76. The molecule has 0 spiro atoms. The number of aryl methyl sites for hydroxylation is 2. The molecule has 6 heteroatoms. The smallest absolute Gasteiger partial charge is 0.259 e. The summed E-state index contributed by atoms with van der Waals surface area (Å²) in [5.41, 5.74) is 3.36. The van der Waals surface area contributed by atoms with Gasteiger partial charge in [-0.25, -0.2) is 4.98 Å². The monoisotopic (exact) mass is 449 g/mol. The highest BCUT2D eigenvalue weighted by Gasteiger charge is 2.27. The number of benzene rings is 1. The molecule has 1 aliphatic carbocycles. The first-order valence-corrected chi connectivity index (χ1v) is 12.7. The fourth-order valence-electron chi connectivity index (χ4n) is 5.20. The molecule has 0 atom stereocenters. The summed E-state index contributed by atoms with van der Waals surface area (Å²) < 4.78 is 0. The van der Waals surface area contributed by atoms with E-state index in [0.717, 1.165) is 73.2 Å². The fraction of sp³-hybridized carbons (Fsp3) is 0.500. The number of aromatic nitrogens is 2. The van der Waals surface area contributed by atoms with Crippen LogP contribution in [0.4, 0.5) is 0 Å². The van der Waals surface area contributed by atoms with Gasteiger partial charge in [0.25, 0.3) is 5.56 Å². The second-order valence-electron chi connectivity index (χ2n) is 9.76. The number of carbonyl (C=O) groups excluding carboxylic acids is 1. The Kier molecular flexibility index (Phi) is 5.99. The molecule has 1 aromatic carbocycles. The number of likely N-dealkylation sites (tertiary alicyclic amines) is 1. The number of piperidine rings is 1. The maximum atomic E-state index is 13.0. The number of rotatable bonds is 6. The third-order valence-corrected chi connectivity index (χ3v) is 8.02. The largest absolute Gasteiger partial charge is 0.309 e. The number of thiophene rings is 1. The van der Waals surface area contributed by atoms with E-state index in [1.807, 2.05) is 12.1 Å². The van der Waals surface area contributed by atoms with E-state index >= 15 is 0 Å². The lowest BCUT2D eigenvalue weighted by Crippen LogP contribution is -2.36. The first kappa shape index (κ1) is 21.5. The van der Waals surface area contributed by atoms with Crippen molar-refractivity contribution in [1.29, 1.82) is 0 Å². The normalized spacial score (nSPS) is 17.3. The fourth-order valence-corrected chi connectivity index (χ4v) is 6.48. The zero-order valence-electron chi connectivity index (χ0n) is 18.9. The number of nitrogens with zero attached hydrogens (tertiary/aromatic N) is 2. The van der Waals surface area contributed by atoms with Gasteiger partial charge in [0.1, 0.15) is 10.7 Å². The average molecular weight is 450 g/mol. The Balaban J connectivity index is 1.20. The molecule has 1 aliphatic heterocycles. The van der Waals surface area contributed by atoms with Crippen LogP contribution in [0.3, 0.4) is 0 Å². The van der Waals surface area contributed by atoms with Crippen LogP contribution in [0.5, 0.6) is 0 Å². The van der Waals surface area contributed by atoms with Crippen molar-refractivity contribution < 1.29 is 4.79 Å². The number of nitrogens with one attached hydrogen (secondary N) is 1. The molecular weight excluding hydrogens is 418 g/mol. The Morgan fingerprint density at radius 1 is 1.19 bits per heavy atom. The van der Waals surface area contributed by atoms with Gasteiger partial charge in [0.15, 0.2) is 5.78 Å². The molecule has 2 aliphatic rings. The van der Waals surface area contributed by atoms with E-state index in [0.29, 0.717) is 12.5 Å². The lowest BCUT2D eigenvalue weighted by atomic mass is 9.88. The minimum atomic E-state index is 0.00961. The zero-order valence-corrected chi connectivity index (χ0v) is 19.8. The first-order valence-electron chi connectivity index (χ1n) is 11.9. The maximum Gasteiger partial charge on any atom is 0.259 e. The van der Waals surface area contributed by atoms with Crippen molar-refractivity contribution in [1.82, 2.24) is 14.9 Å². The van der Waals surface area contributed by atoms with Gasteiger partial charge in [-0.05, 0) is 68.7 Å². The SMILES string of the molecule is CC(C)Cc1ccc(C(=O)C2CCN(Cc3nc4sc5c(c4c(=O)[nH]3)CCC5)CC2)cc1. The van der Waals surface area contributed by atoms with Crippen molar-refractivity contribution in [3.05, 3.63) is 62.0 Å². The highest BCUT2D eigenvalue weighted by molar-refractivity contribution is 7.18. The number of hydrogen-bond acceptors (Lipinski definition) is 5. The number of hydrogen-bond donors (Lipinski definition) is 1. The van der Waals surface area contributed by atoms with Crippen molar-refractivity contribution in [2.75, 3.05) is 13.1 Å². The Bertz CT molecular complexity index is 1180. The molecule has 5 rings (SSSR count). The van der Waals surface area contributed by atoms with Crippen LogP contribution in [-0.4, -0.2) is 33.7 Å². The van der Waals surface area contributed by atoms with E-state index < -0.39 is 0 Å². The van der Waals surface area contributed by atoms with Crippen LogP contribution in [0.1, 0.15) is 65.3 Å². The van der Waals surface area contributed by atoms with Gasteiger partial charge < -0.3 is 4.98 Å². The van der Waals surface area contributed by atoms with Crippen molar-refractivity contribution >= 4 is 27.3 Å². The number of ketones is 1. The Labute approximate surface area is 192 Å². The predicted molar refractivity (Wildman–Crippen MR) is 130 cm³/mol. The van der Waals surface area contributed by atoms with Crippen LogP contribution in [0.15, 0.2) is 29.1 Å². The molecule has 3 heterocycles. The topological polar surface area (TPSA) is 66.1 Å². The molecule has 5 nitrogen and oxygen atoms in total. The Morgan fingerprint density at radius 2 is 1.94 bits per heavy atom. The van der Waals surface area contributed by atoms with Crippen molar-refractivity contribution in [2.24, 2.45) is 11.8 Å². The lowest BCUT2D eigenvalue weighted by Gasteiger charge is -2.30. The van der Waals surface area contributed by atoms with E-state index in [1.165, 1.54) is 16.0 Å². The molecule has 0 saturated carbocycles. The number of fused-ring (bicyclic) bond motifs is 3. The van der Waals surface area contributed by atoms with Crippen LogP contribution in [0.25, 0.3) is 10.2 Å². The second-order valence-corrected chi connectivity index (χ2v) is 10.8. The summed E-state index contributed by atoms with van der Waals surface area (Å²) in [5, 5.41) is 0.815. The van der Waals surface area contributed by atoms with E-state index in [1.54, 1.807) is 11.3 Å². The molecule has 32 heavy (non-hydrogen) atoms. The van der Waals surface area contributed by atoms with E-state index in [4.69, 9.17) is 4.98 Å². The molecule has 0 unspecified atom stereocenters. The summed E-state index contributed by atoms with van der Waals surface area (Å²) in [5.74, 6) is 1.71. The van der Waals surface area contributed by atoms with Gasteiger partial charge in [0.2, 0.25) is 0 Å². The summed E-state index contributed by atoms with van der Waals surface area (Å²) in [6.07, 6.45) is 5.98. The van der Waals surface area contributed by atoms with Crippen molar-refractivity contribution in [3.63, 3.8) is 0 Å². The van der Waals surface area contributed by atoms with Gasteiger partial charge in [-0.2, -0.15) is 0 Å². The molecule has 2 aromatic heterocycles. The maximum absolute atomic E-state index is 13.0. The average Bonchev–Trinajstić information content (AvgIpc) is 3.35. The molecule has 0 bridgehead atoms. The third-order valence-electron chi connectivity index (χ3n) is 6.84. The predicted octanol–water partition coefficient (Wildman–Crippen LogP) is 4.77. The summed E-state index contributed by atoms with van der Waals surface area (Å²) >= 11 is 1.69. The summed E-state index contributed by atoms with van der Waals surface area (Å²) in [7, 11) is 0. The Hall–Kier alpha value is -2.31. The number of carbonyl (C=O) groups is 1. The van der Waals surface area contributed by atoms with Crippen LogP contribution < -0.4 is 5.56 Å². The van der Waals surface area contributed by atoms with E-state index in [9.17, 15) is 9.59 Å². The van der Waals surface area contributed by atoms with Crippen LogP contribution in [-0.2, 0) is 25.8 Å².